The minimum absolute atomic E-state index is 0.0781. The number of carboxylic acid groups (broad SMARTS) is 2. The Morgan fingerprint density at radius 2 is 1.64 bits per heavy atom. The molecular weight excluding hydrogens is 504 g/mol. The Kier molecular flexibility index (Phi) is 10.5. The third kappa shape index (κ3) is 7.86. The Labute approximate surface area is 227 Å². The van der Waals surface area contributed by atoms with Crippen LogP contribution in [0, 0.1) is 0 Å². The van der Waals surface area contributed by atoms with Crippen LogP contribution in [0.1, 0.15) is 25.3 Å². The molecule has 5 N–H and O–H groups in total. The molecule has 10 heteroatoms. The van der Waals surface area contributed by atoms with Gasteiger partial charge in [0.1, 0.15) is 36.6 Å². The number of aliphatic hydroxyl groups excluding tert-OH is 1. The topological polar surface area (TPSA) is 147 Å². The zero-order chi connectivity index (χ0) is 28.4. The number of aliphatic hydroxyl groups is 1. The van der Waals surface area contributed by atoms with Gasteiger partial charge in [0.2, 0.25) is 0 Å². The van der Waals surface area contributed by atoms with Crippen LogP contribution in [0.4, 0.5) is 0 Å². The average Bonchev–Trinajstić information content (AvgIpc) is 2.91. The van der Waals surface area contributed by atoms with Crippen LogP contribution in [0.2, 0.25) is 0 Å². The zero-order valence-electron chi connectivity index (χ0n) is 22.1. The summed E-state index contributed by atoms with van der Waals surface area (Å²) in [7, 11) is 1.47. The number of para-hydroxylation sites is 1. The second-order valence-corrected chi connectivity index (χ2v) is 8.87. The predicted molar refractivity (Wildman–Crippen MR) is 145 cm³/mol. The van der Waals surface area contributed by atoms with E-state index in [0.29, 0.717) is 47.3 Å². The highest BCUT2D eigenvalue weighted by Gasteiger charge is 2.38. The largest absolute Gasteiger partial charge is 0.497 e. The molecule has 2 aromatic carbocycles. The normalized spacial score (nSPS) is 14.8. The fraction of sp³-hybridized carbons (Fsp3) is 0.310. The average molecular weight is 539 g/mol. The molecule has 0 bridgehead atoms. The molecule has 3 rings (SSSR count). The SMILES string of the molecule is COc1ccc(OCC=CCNC[C@H](O)COc2ccccc2)c(C2C(C(=O)O)=C(C)NC(C)=C2C(=O)O)c1. The molecule has 1 heterocycles. The molecule has 1 aliphatic heterocycles. The summed E-state index contributed by atoms with van der Waals surface area (Å²) in [6.45, 7) is 4.33. The Bertz CT molecular complexity index is 1220. The van der Waals surface area contributed by atoms with Crippen molar-refractivity contribution >= 4 is 11.9 Å². The molecule has 0 saturated carbocycles. The monoisotopic (exact) mass is 538 g/mol. The molecular formula is C29H34N2O8. The fourth-order valence-corrected chi connectivity index (χ4v) is 4.27. The number of aliphatic carboxylic acids is 2. The van der Waals surface area contributed by atoms with E-state index < -0.39 is 24.0 Å². The number of ether oxygens (including phenoxy) is 3. The van der Waals surface area contributed by atoms with Crippen molar-refractivity contribution in [3.05, 3.63) is 88.8 Å². The fourth-order valence-electron chi connectivity index (χ4n) is 4.27. The maximum absolute atomic E-state index is 12.2. The van der Waals surface area contributed by atoms with Crippen molar-refractivity contribution in [3.63, 3.8) is 0 Å². The molecule has 0 radical (unpaired) electrons. The summed E-state index contributed by atoms with van der Waals surface area (Å²) in [5.74, 6) is -2.06. The highest BCUT2D eigenvalue weighted by atomic mass is 16.5. The van der Waals surface area contributed by atoms with Gasteiger partial charge in [0.05, 0.1) is 24.2 Å². The Hall–Kier alpha value is -4.28. The molecule has 0 fully saturated rings. The number of carbonyl (C=O) groups is 2. The van der Waals surface area contributed by atoms with Gasteiger partial charge >= 0.3 is 11.9 Å². The predicted octanol–water partition coefficient (Wildman–Crippen LogP) is 3.06. The van der Waals surface area contributed by atoms with E-state index in [1.165, 1.54) is 7.11 Å². The van der Waals surface area contributed by atoms with Gasteiger partial charge in [0.25, 0.3) is 0 Å². The van der Waals surface area contributed by atoms with Gasteiger partial charge in [-0.2, -0.15) is 0 Å². The van der Waals surface area contributed by atoms with Crippen molar-refractivity contribution in [1.29, 1.82) is 0 Å². The summed E-state index contributed by atoms with van der Waals surface area (Å²) in [5, 5.41) is 35.9. The van der Waals surface area contributed by atoms with Gasteiger partial charge < -0.3 is 40.2 Å². The number of carboxylic acids is 2. The van der Waals surface area contributed by atoms with Crippen molar-refractivity contribution < 1.29 is 39.1 Å². The van der Waals surface area contributed by atoms with Gasteiger partial charge in [-0.15, -0.1) is 0 Å². The lowest BCUT2D eigenvalue weighted by Crippen LogP contribution is -2.31. The third-order valence-corrected chi connectivity index (χ3v) is 6.08. The highest BCUT2D eigenvalue weighted by molar-refractivity contribution is 5.98. The summed E-state index contributed by atoms with van der Waals surface area (Å²) >= 11 is 0. The number of hydrogen-bond acceptors (Lipinski definition) is 8. The van der Waals surface area contributed by atoms with Gasteiger partial charge in [-0.25, -0.2) is 9.59 Å². The van der Waals surface area contributed by atoms with Crippen LogP contribution >= 0.6 is 0 Å². The van der Waals surface area contributed by atoms with Crippen LogP contribution in [-0.4, -0.2) is 66.8 Å². The van der Waals surface area contributed by atoms with Crippen molar-refractivity contribution in [1.82, 2.24) is 10.6 Å². The highest BCUT2D eigenvalue weighted by Crippen LogP contribution is 2.43. The van der Waals surface area contributed by atoms with Crippen LogP contribution in [0.3, 0.4) is 0 Å². The maximum Gasteiger partial charge on any atom is 0.334 e. The van der Waals surface area contributed by atoms with E-state index in [-0.39, 0.29) is 24.4 Å². The Morgan fingerprint density at radius 1 is 0.974 bits per heavy atom. The summed E-state index contributed by atoms with van der Waals surface area (Å²) in [5.41, 5.74) is 0.922. The van der Waals surface area contributed by atoms with Crippen LogP contribution in [0.25, 0.3) is 0 Å². The second-order valence-electron chi connectivity index (χ2n) is 8.87. The number of allylic oxidation sites excluding steroid dienone is 2. The Balaban J connectivity index is 1.64. The number of rotatable bonds is 14. The Morgan fingerprint density at radius 3 is 2.26 bits per heavy atom. The summed E-state index contributed by atoms with van der Waals surface area (Å²) in [6.07, 6.45) is 2.92. The van der Waals surface area contributed by atoms with Gasteiger partial charge in [0, 0.05) is 30.0 Å². The molecule has 0 unspecified atom stereocenters. The van der Waals surface area contributed by atoms with E-state index in [0.717, 1.165) is 0 Å². The molecule has 10 nitrogen and oxygen atoms in total. The summed E-state index contributed by atoms with van der Waals surface area (Å²) in [6, 6.07) is 14.2. The lowest BCUT2D eigenvalue weighted by molar-refractivity contribution is -0.133. The van der Waals surface area contributed by atoms with Crippen LogP contribution < -0.4 is 24.8 Å². The molecule has 208 valence electrons. The van der Waals surface area contributed by atoms with Gasteiger partial charge in [-0.05, 0) is 44.2 Å². The van der Waals surface area contributed by atoms with E-state index in [1.54, 1.807) is 38.1 Å². The van der Waals surface area contributed by atoms with E-state index in [9.17, 15) is 24.9 Å². The lowest BCUT2D eigenvalue weighted by Gasteiger charge is -2.30. The number of methoxy groups -OCH3 is 1. The zero-order valence-corrected chi connectivity index (χ0v) is 22.1. The molecule has 2 aromatic rings. The minimum Gasteiger partial charge on any atom is -0.497 e. The first-order chi connectivity index (χ1) is 18.7. The molecule has 0 amide bonds. The first-order valence-electron chi connectivity index (χ1n) is 12.4. The van der Waals surface area contributed by atoms with Crippen molar-refractivity contribution in [2.24, 2.45) is 0 Å². The second kappa shape index (κ2) is 14.0. The molecule has 1 atom stereocenters. The van der Waals surface area contributed by atoms with Gasteiger partial charge in [-0.3, -0.25) is 0 Å². The van der Waals surface area contributed by atoms with Gasteiger partial charge in [0.15, 0.2) is 0 Å². The number of benzene rings is 2. The van der Waals surface area contributed by atoms with E-state index in [4.69, 9.17) is 14.2 Å². The smallest absolute Gasteiger partial charge is 0.334 e. The first kappa shape index (κ1) is 29.3. The van der Waals surface area contributed by atoms with Crippen molar-refractivity contribution in [3.8, 4) is 17.2 Å². The van der Waals surface area contributed by atoms with E-state index >= 15 is 0 Å². The molecule has 0 aliphatic carbocycles. The summed E-state index contributed by atoms with van der Waals surface area (Å²) < 4.78 is 16.8. The molecule has 0 saturated heterocycles. The summed E-state index contributed by atoms with van der Waals surface area (Å²) in [4.78, 5) is 24.4. The third-order valence-electron chi connectivity index (χ3n) is 6.08. The maximum atomic E-state index is 12.2. The van der Waals surface area contributed by atoms with E-state index in [2.05, 4.69) is 10.6 Å². The lowest BCUT2D eigenvalue weighted by atomic mass is 9.80. The van der Waals surface area contributed by atoms with Gasteiger partial charge in [-0.1, -0.05) is 30.4 Å². The van der Waals surface area contributed by atoms with Crippen LogP contribution in [-0.2, 0) is 9.59 Å². The van der Waals surface area contributed by atoms with Crippen molar-refractivity contribution in [2.45, 2.75) is 25.9 Å². The first-order valence-corrected chi connectivity index (χ1v) is 12.4. The minimum atomic E-state index is -1.23. The van der Waals surface area contributed by atoms with Crippen LogP contribution in [0.5, 0.6) is 17.2 Å². The molecule has 0 aromatic heterocycles. The number of hydrogen-bond donors (Lipinski definition) is 5. The van der Waals surface area contributed by atoms with Crippen molar-refractivity contribution in [2.75, 3.05) is 33.4 Å². The molecule has 1 aliphatic rings. The standard InChI is InChI=1S/C29H34N2O8/c1-18-25(28(33)34)27(26(29(35)36)19(2)31-18)23-15-22(37-3)11-12-24(23)38-14-8-7-13-30-16-20(32)17-39-21-9-5-4-6-10-21/h4-12,15,20,27,30-32H,13-14,16-17H2,1-3H3,(H,33,34)(H,35,36)/t20-/m0/s1. The molecule has 39 heavy (non-hydrogen) atoms. The van der Waals surface area contributed by atoms with E-state index in [1.807, 2.05) is 36.4 Å². The molecule has 0 spiro atoms. The van der Waals surface area contributed by atoms with Crippen LogP contribution in [0.15, 0.2) is 83.2 Å². The quantitative estimate of drug-likeness (QED) is 0.180. The number of nitrogens with one attached hydrogen (secondary N) is 2. The number of dihydropyridines is 1.